The van der Waals surface area contributed by atoms with Crippen molar-refractivity contribution in [1.82, 2.24) is 4.90 Å². The largest absolute Gasteiger partial charge is 0.464 e. The first-order valence-corrected chi connectivity index (χ1v) is 10.8. The van der Waals surface area contributed by atoms with E-state index in [2.05, 4.69) is 0 Å². The third-order valence-corrected chi connectivity index (χ3v) is 5.63. The Labute approximate surface area is 186 Å². The molecule has 3 atom stereocenters. The summed E-state index contributed by atoms with van der Waals surface area (Å²) < 4.78 is 11.3. The van der Waals surface area contributed by atoms with Gasteiger partial charge in [0.05, 0.1) is 12.6 Å². The molecule has 0 aliphatic carbocycles. The fourth-order valence-corrected chi connectivity index (χ4v) is 4.06. The van der Waals surface area contributed by atoms with E-state index in [0.29, 0.717) is 16.5 Å². The molecule has 0 unspecified atom stereocenters. The van der Waals surface area contributed by atoms with Gasteiger partial charge in [-0.3, -0.25) is 4.79 Å². The van der Waals surface area contributed by atoms with E-state index in [1.807, 2.05) is 31.2 Å². The molecule has 30 heavy (non-hydrogen) atoms. The van der Waals surface area contributed by atoms with Crippen LogP contribution in [-0.4, -0.2) is 36.0 Å². The predicted molar refractivity (Wildman–Crippen MR) is 117 cm³/mol. The van der Waals surface area contributed by atoms with Crippen LogP contribution in [0.2, 0.25) is 10.0 Å². The van der Waals surface area contributed by atoms with Crippen molar-refractivity contribution in [1.29, 1.82) is 0 Å². The van der Waals surface area contributed by atoms with Crippen LogP contribution in [0.4, 0.5) is 0 Å². The second kappa shape index (κ2) is 10.3. The average molecular weight is 450 g/mol. The minimum absolute atomic E-state index is 0.114. The van der Waals surface area contributed by atoms with Gasteiger partial charge in [0.2, 0.25) is 5.91 Å². The maximum atomic E-state index is 13.0. The van der Waals surface area contributed by atoms with Crippen molar-refractivity contribution >= 4 is 35.1 Å². The standard InChI is InChI=1S/C23H25Cl2NO4/c1-3-5-19(23(28)29-4-2)26-20(27)14-30-22(16-8-12-18(25)13-9-16)21(26)15-6-10-17(24)11-7-15/h6-13,19,21-22H,3-5,14H2,1-2H3/t19-,21+,22-/m0/s1. The second-order valence-electron chi connectivity index (χ2n) is 7.14. The molecule has 2 aromatic rings. The Morgan fingerprint density at radius 3 is 2.17 bits per heavy atom. The normalized spacial score (nSPS) is 20.1. The van der Waals surface area contributed by atoms with E-state index < -0.39 is 24.2 Å². The van der Waals surface area contributed by atoms with E-state index in [9.17, 15) is 9.59 Å². The lowest BCUT2D eigenvalue weighted by molar-refractivity contribution is -0.174. The third-order valence-electron chi connectivity index (χ3n) is 5.13. The lowest BCUT2D eigenvalue weighted by Gasteiger charge is -2.44. The van der Waals surface area contributed by atoms with Crippen LogP contribution in [0, 0.1) is 0 Å². The van der Waals surface area contributed by atoms with Gasteiger partial charge < -0.3 is 14.4 Å². The van der Waals surface area contributed by atoms with Crippen LogP contribution >= 0.6 is 23.2 Å². The van der Waals surface area contributed by atoms with E-state index in [1.54, 1.807) is 36.1 Å². The molecule has 160 valence electrons. The summed E-state index contributed by atoms with van der Waals surface area (Å²) in [6.45, 7) is 3.88. The minimum atomic E-state index is -0.693. The summed E-state index contributed by atoms with van der Waals surface area (Å²) >= 11 is 12.1. The van der Waals surface area contributed by atoms with Gasteiger partial charge in [-0.25, -0.2) is 4.79 Å². The van der Waals surface area contributed by atoms with Crippen molar-refractivity contribution in [2.45, 2.75) is 44.9 Å². The second-order valence-corrected chi connectivity index (χ2v) is 8.01. The topological polar surface area (TPSA) is 55.8 Å². The van der Waals surface area contributed by atoms with Crippen molar-refractivity contribution in [3.8, 4) is 0 Å². The number of carbonyl (C=O) groups is 2. The molecular formula is C23H25Cl2NO4. The Balaban J connectivity index is 2.10. The van der Waals surface area contributed by atoms with Gasteiger partial charge in [0.1, 0.15) is 18.8 Å². The molecule has 0 N–H and O–H groups in total. The van der Waals surface area contributed by atoms with Crippen molar-refractivity contribution in [3.05, 3.63) is 69.7 Å². The summed E-state index contributed by atoms with van der Waals surface area (Å²) in [5.74, 6) is -0.643. The summed E-state index contributed by atoms with van der Waals surface area (Å²) in [4.78, 5) is 27.5. The molecule has 1 saturated heterocycles. The third kappa shape index (κ3) is 4.97. The van der Waals surface area contributed by atoms with E-state index >= 15 is 0 Å². The molecule has 0 bridgehead atoms. The zero-order valence-corrected chi connectivity index (χ0v) is 18.5. The minimum Gasteiger partial charge on any atom is -0.464 e. The van der Waals surface area contributed by atoms with Crippen molar-refractivity contribution in [2.24, 2.45) is 0 Å². The summed E-state index contributed by atoms with van der Waals surface area (Å²) in [5, 5.41) is 1.20. The lowest BCUT2D eigenvalue weighted by Crippen LogP contribution is -2.53. The first-order chi connectivity index (χ1) is 14.5. The number of ether oxygens (including phenoxy) is 2. The van der Waals surface area contributed by atoms with Gasteiger partial charge in [-0.15, -0.1) is 0 Å². The number of benzene rings is 2. The number of nitrogens with zero attached hydrogens (tertiary/aromatic N) is 1. The number of esters is 1. The molecule has 0 aromatic heterocycles. The van der Waals surface area contributed by atoms with Crippen LogP contribution in [0.3, 0.4) is 0 Å². The van der Waals surface area contributed by atoms with Crippen LogP contribution in [0.15, 0.2) is 48.5 Å². The molecule has 1 aliphatic rings. The summed E-state index contributed by atoms with van der Waals surface area (Å²) in [6.07, 6.45) is 0.768. The Morgan fingerprint density at radius 1 is 1.07 bits per heavy atom. The fourth-order valence-electron chi connectivity index (χ4n) is 3.80. The maximum Gasteiger partial charge on any atom is 0.328 e. The first-order valence-electron chi connectivity index (χ1n) is 10.1. The van der Waals surface area contributed by atoms with Crippen LogP contribution in [-0.2, 0) is 19.1 Å². The molecule has 1 aliphatic heterocycles. The van der Waals surface area contributed by atoms with Crippen LogP contribution in [0.5, 0.6) is 0 Å². The van der Waals surface area contributed by atoms with Gasteiger partial charge in [-0.05, 0) is 48.7 Å². The van der Waals surface area contributed by atoms with Gasteiger partial charge >= 0.3 is 5.97 Å². The molecule has 1 heterocycles. The van der Waals surface area contributed by atoms with Gasteiger partial charge in [-0.2, -0.15) is 0 Å². The molecule has 0 spiro atoms. The Bertz CT molecular complexity index is 870. The zero-order chi connectivity index (χ0) is 21.7. The Hall–Kier alpha value is -2.08. The maximum absolute atomic E-state index is 13.0. The number of carbonyl (C=O) groups excluding carboxylic acids is 2. The van der Waals surface area contributed by atoms with E-state index in [1.165, 1.54) is 0 Å². The van der Waals surface area contributed by atoms with Crippen LogP contribution in [0.25, 0.3) is 0 Å². The van der Waals surface area contributed by atoms with Gasteiger partial charge in [-0.1, -0.05) is 60.8 Å². The molecule has 1 amide bonds. The molecular weight excluding hydrogens is 425 g/mol. The first kappa shape index (κ1) is 22.6. The SMILES string of the molecule is CCC[C@@H](C(=O)OCC)N1C(=O)CO[C@@H](c2ccc(Cl)cc2)[C@H]1c1ccc(Cl)cc1. The molecule has 0 saturated carbocycles. The molecule has 2 aromatic carbocycles. The average Bonchev–Trinajstić information content (AvgIpc) is 2.74. The molecule has 0 radical (unpaired) electrons. The number of rotatable bonds is 7. The summed E-state index contributed by atoms with van der Waals surface area (Å²) in [5.41, 5.74) is 1.70. The van der Waals surface area contributed by atoms with Crippen molar-refractivity contribution < 1.29 is 19.1 Å². The molecule has 5 nitrogen and oxygen atoms in total. The van der Waals surface area contributed by atoms with Gasteiger partial charge in [0.15, 0.2) is 0 Å². The van der Waals surface area contributed by atoms with Gasteiger partial charge in [0.25, 0.3) is 0 Å². The zero-order valence-electron chi connectivity index (χ0n) is 17.0. The Kier molecular flexibility index (Phi) is 7.75. The van der Waals surface area contributed by atoms with Crippen molar-refractivity contribution in [2.75, 3.05) is 13.2 Å². The molecule has 3 rings (SSSR count). The summed E-state index contributed by atoms with van der Waals surface area (Å²) in [7, 11) is 0. The van der Waals surface area contributed by atoms with Crippen LogP contribution in [0.1, 0.15) is 50.0 Å². The van der Waals surface area contributed by atoms with Gasteiger partial charge in [0, 0.05) is 10.0 Å². The number of amides is 1. The van der Waals surface area contributed by atoms with E-state index in [4.69, 9.17) is 32.7 Å². The smallest absolute Gasteiger partial charge is 0.328 e. The number of halogens is 2. The highest BCUT2D eigenvalue weighted by Gasteiger charge is 2.44. The van der Waals surface area contributed by atoms with Crippen molar-refractivity contribution in [3.63, 3.8) is 0 Å². The fraction of sp³-hybridized carbons (Fsp3) is 0.391. The monoisotopic (exact) mass is 449 g/mol. The highest BCUT2D eigenvalue weighted by Crippen LogP contribution is 2.42. The predicted octanol–water partition coefficient (Wildman–Crippen LogP) is 5.37. The quantitative estimate of drug-likeness (QED) is 0.533. The number of hydrogen-bond donors (Lipinski definition) is 0. The number of hydrogen-bond acceptors (Lipinski definition) is 4. The Morgan fingerprint density at radius 2 is 1.63 bits per heavy atom. The van der Waals surface area contributed by atoms with E-state index in [0.717, 1.165) is 17.5 Å². The van der Waals surface area contributed by atoms with Crippen LogP contribution < -0.4 is 0 Å². The lowest BCUT2D eigenvalue weighted by atomic mass is 9.90. The molecule has 1 fully saturated rings. The van der Waals surface area contributed by atoms with E-state index in [-0.39, 0.29) is 19.1 Å². The highest BCUT2D eigenvalue weighted by atomic mass is 35.5. The summed E-state index contributed by atoms with van der Waals surface area (Å²) in [6, 6.07) is 13.4. The number of morpholine rings is 1. The molecule has 7 heteroatoms. The highest BCUT2D eigenvalue weighted by molar-refractivity contribution is 6.30.